The molecule has 0 saturated carbocycles. The van der Waals surface area contributed by atoms with Crippen LogP contribution in [0.4, 0.5) is 5.82 Å². The Bertz CT molecular complexity index is 1060. The van der Waals surface area contributed by atoms with Gasteiger partial charge in [0.1, 0.15) is 22.5 Å². The number of hydrogen-bond acceptors (Lipinski definition) is 4. The summed E-state index contributed by atoms with van der Waals surface area (Å²) in [5, 5.41) is 15.1. The fraction of sp³-hybridized carbons (Fsp3) is 0. The molecule has 6 nitrogen and oxygen atoms in total. The zero-order chi connectivity index (χ0) is 15.3. The molecule has 2 heterocycles. The third kappa shape index (κ3) is 1.67. The molecule has 4 aromatic rings. The Morgan fingerprint density at radius 1 is 1.09 bits per heavy atom. The van der Waals surface area contributed by atoms with Crippen LogP contribution in [0.25, 0.3) is 27.5 Å². The van der Waals surface area contributed by atoms with E-state index in [1.54, 1.807) is 24.3 Å². The first-order valence-corrected chi connectivity index (χ1v) is 6.74. The van der Waals surface area contributed by atoms with Crippen LogP contribution in [-0.2, 0) is 0 Å². The van der Waals surface area contributed by atoms with Crippen LogP contribution in [0, 0.1) is 0 Å². The summed E-state index contributed by atoms with van der Waals surface area (Å²) in [4.78, 5) is 15.1. The van der Waals surface area contributed by atoms with Crippen LogP contribution < -0.4 is 11.3 Å². The number of nitrogens with zero attached hydrogens (tertiary/aromatic N) is 2. The maximum absolute atomic E-state index is 12.3. The zero-order valence-electron chi connectivity index (χ0n) is 11.4. The van der Waals surface area contributed by atoms with Crippen LogP contribution in [0.2, 0.25) is 0 Å². The lowest BCUT2D eigenvalue weighted by molar-refractivity contribution is 0.475. The number of phenolic OH excluding ortho intramolecular Hbond substituents is 1. The summed E-state index contributed by atoms with van der Waals surface area (Å²) in [6.07, 6.45) is 0. The summed E-state index contributed by atoms with van der Waals surface area (Å²) in [5.74, 6) is 0.426. The molecule has 0 unspecified atom stereocenters. The molecule has 0 spiro atoms. The van der Waals surface area contributed by atoms with E-state index < -0.39 is 0 Å². The molecule has 4 N–H and O–H groups in total. The molecule has 0 radical (unpaired) electrons. The number of aromatic nitrogens is 3. The number of aromatic hydroxyl groups is 1. The highest BCUT2D eigenvalue weighted by Crippen LogP contribution is 2.26. The Morgan fingerprint density at radius 3 is 2.59 bits per heavy atom. The van der Waals surface area contributed by atoms with Gasteiger partial charge in [0, 0.05) is 5.39 Å². The van der Waals surface area contributed by atoms with E-state index in [1.807, 2.05) is 24.3 Å². The number of rotatable bonds is 1. The number of phenols is 1. The average molecular weight is 292 g/mol. The minimum absolute atomic E-state index is 0.155. The summed E-state index contributed by atoms with van der Waals surface area (Å²) in [6, 6.07) is 13.9. The molecule has 0 saturated heterocycles. The van der Waals surface area contributed by atoms with Crippen molar-refractivity contribution in [3.05, 3.63) is 58.9 Å². The predicted octanol–water partition coefficient (Wildman–Crippen LogP) is 2.15. The highest BCUT2D eigenvalue weighted by Gasteiger charge is 2.16. The minimum Gasteiger partial charge on any atom is -0.508 e. The lowest BCUT2D eigenvalue weighted by Crippen LogP contribution is -2.08. The van der Waals surface area contributed by atoms with Crippen LogP contribution in [0.1, 0.15) is 0 Å². The van der Waals surface area contributed by atoms with Crippen molar-refractivity contribution in [1.29, 1.82) is 0 Å². The number of anilines is 1. The minimum atomic E-state index is -0.267. The molecule has 0 bridgehead atoms. The summed E-state index contributed by atoms with van der Waals surface area (Å²) < 4.78 is 1.51. The van der Waals surface area contributed by atoms with E-state index in [1.165, 1.54) is 4.68 Å². The number of para-hydroxylation sites is 1. The van der Waals surface area contributed by atoms with Crippen molar-refractivity contribution in [2.75, 3.05) is 5.73 Å². The monoisotopic (exact) mass is 292 g/mol. The topological polar surface area (TPSA) is 96.9 Å². The average Bonchev–Trinajstić information content (AvgIpc) is 2.87. The second-order valence-electron chi connectivity index (χ2n) is 5.04. The van der Waals surface area contributed by atoms with E-state index in [4.69, 9.17) is 5.73 Å². The first-order valence-electron chi connectivity index (χ1n) is 6.74. The molecule has 108 valence electrons. The molecule has 0 amide bonds. The van der Waals surface area contributed by atoms with Crippen molar-refractivity contribution in [3.63, 3.8) is 0 Å². The van der Waals surface area contributed by atoms with Crippen LogP contribution in [0.5, 0.6) is 5.75 Å². The Labute approximate surface area is 124 Å². The highest BCUT2D eigenvalue weighted by molar-refractivity contribution is 6.06. The van der Waals surface area contributed by atoms with Gasteiger partial charge >= 0.3 is 0 Å². The van der Waals surface area contributed by atoms with Crippen molar-refractivity contribution in [1.82, 2.24) is 14.8 Å². The third-order valence-electron chi connectivity index (χ3n) is 3.67. The van der Waals surface area contributed by atoms with Gasteiger partial charge in [-0.3, -0.25) is 4.79 Å². The molecule has 2 aromatic heterocycles. The van der Waals surface area contributed by atoms with Crippen LogP contribution >= 0.6 is 0 Å². The summed E-state index contributed by atoms with van der Waals surface area (Å²) in [7, 11) is 0. The number of hydrogen-bond donors (Lipinski definition) is 3. The molecule has 22 heavy (non-hydrogen) atoms. The zero-order valence-corrected chi connectivity index (χ0v) is 11.4. The van der Waals surface area contributed by atoms with Crippen molar-refractivity contribution < 1.29 is 5.11 Å². The van der Waals surface area contributed by atoms with Gasteiger partial charge < -0.3 is 15.8 Å². The molecule has 6 heteroatoms. The first-order chi connectivity index (χ1) is 10.6. The van der Waals surface area contributed by atoms with Crippen molar-refractivity contribution in [2.45, 2.75) is 0 Å². The Morgan fingerprint density at radius 2 is 1.82 bits per heavy atom. The molecule has 4 rings (SSSR count). The van der Waals surface area contributed by atoms with E-state index in [2.05, 4.69) is 10.1 Å². The molecule has 0 atom stereocenters. The van der Waals surface area contributed by atoms with Gasteiger partial charge in [-0.2, -0.15) is 5.10 Å². The van der Waals surface area contributed by atoms with Crippen LogP contribution in [0.15, 0.2) is 53.3 Å². The highest BCUT2D eigenvalue weighted by atomic mass is 16.3. The molecule has 0 aliphatic heterocycles. The van der Waals surface area contributed by atoms with Gasteiger partial charge in [0.2, 0.25) is 0 Å². The lowest BCUT2D eigenvalue weighted by atomic mass is 10.1. The van der Waals surface area contributed by atoms with Crippen LogP contribution in [0.3, 0.4) is 0 Å². The fourth-order valence-corrected chi connectivity index (χ4v) is 2.62. The summed E-state index contributed by atoms with van der Waals surface area (Å²) in [6.45, 7) is 0. The number of nitrogen functional groups attached to an aromatic ring is 1. The molecular formula is C16H12N4O2. The van der Waals surface area contributed by atoms with Gasteiger partial charge in [-0.25, -0.2) is 4.68 Å². The van der Waals surface area contributed by atoms with E-state index in [9.17, 15) is 9.90 Å². The predicted molar refractivity (Wildman–Crippen MR) is 85.3 cm³/mol. The second kappa shape index (κ2) is 4.36. The number of nitrogens with one attached hydrogen (secondary N) is 1. The van der Waals surface area contributed by atoms with Gasteiger partial charge in [0.25, 0.3) is 5.56 Å². The summed E-state index contributed by atoms with van der Waals surface area (Å²) in [5.41, 5.74) is 7.81. The standard InChI is InChI=1S/C16H12N4O2/c17-15-13-14(11-3-1-2-4-12(11)18-16(13)22)19-20(15)9-5-7-10(21)8-6-9/h1-8,21H,17H2,(H,18,22). The molecular weight excluding hydrogens is 280 g/mol. The van der Waals surface area contributed by atoms with Crippen molar-refractivity contribution >= 4 is 27.6 Å². The maximum atomic E-state index is 12.3. The van der Waals surface area contributed by atoms with Crippen molar-refractivity contribution in [2.24, 2.45) is 0 Å². The Hall–Kier alpha value is -3.28. The molecule has 2 aromatic carbocycles. The number of nitrogens with two attached hydrogens (primary N) is 1. The van der Waals surface area contributed by atoms with Crippen molar-refractivity contribution in [3.8, 4) is 11.4 Å². The Kier molecular flexibility index (Phi) is 2.47. The first kappa shape index (κ1) is 12.5. The SMILES string of the molecule is Nc1c2c(=O)[nH]c3ccccc3c2nn1-c1ccc(O)cc1. The number of fused-ring (bicyclic) bond motifs is 3. The van der Waals surface area contributed by atoms with Gasteiger partial charge in [0.05, 0.1) is 11.2 Å². The lowest BCUT2D eigenvalue weighted by Gasteiger charge is -2.03. The third-order valence-corrected chi connectivity index (χ3v) is 3.67. The van der Waals surface area contributed by atoms with E-state index in [0.717, 1.165) is 10.9 Å². The molecule has 0 aliphatic rings. The quantitative estimate of drug-likeness (QED) is 0.501. The van der Waals surface area contributed by atoms with Gasteiger partial charge in [-0.1, -0.05) is 18.2 Å². The largest absolute Gasteiger partial charge is 0.508 e. The van der Waals surface area contributed by atoms with E-state index in [0.29, 0.717) is 16.6 Å². The fourth-order valence-electron chi connectivity index (χ4n) is 2.62. The van der Waals surface area contributed by atoms with E-state index >= 15 is 0 Å². The molecule has 0 aliphatic carbocycles. The maximum Gasteiger partial charge on any atom is 0.261 e. The Balaban J connectivity index is 2.12. The number of aromatic amines is 1. The van der Waals surface area contributed by atoms with Gasteiger partial charge in [-0.15, -0.1) is 0 Å². The molecule has 0 fully saturated rings. The van der Waals surface area contributed by atoms with Gasteiger partial charge in [-0.05, 0) is 30.3 Å². The number of H-pyrrole nitrogens is 1. The normalized spacial score (nSPS) is 11.3. The number of pyridine rings is 1. The van der Waals surface area contributed by atoms with Crippen LogP contribution in [-0.4, -0.2) is 19.9 Å². The second-order valence-corrected chi connectivity index (χ2v) is 5.04. The van der Waals surface area contributed by atoms with Gasteiger partial charge in [0.15, 0.2) is 0 Å². The summed E-state index contributed by atoms with van der Waals surface area (Å²) >= 11 is 0. The number of benzene rings is 2. The van der Waals surface area contributed by atoms with E-state index in [-0.39, 0.29) is 17.1 Å². The smallest absolute Gasteiger partial charge is 0.261 e.